The molecule has 1 aromatic carbocycles. The van der Waals surface area contributed by atoms with Crippen LogP contribution >= 0.6 is 0 Å². The second-order valence-electron chi connectivity index (χ2n) is 10.4. The topological polar surface area (TPSA) is 17.1 Å². The minimum atomic E-state index is 0.103. The largest absolute Gasteiger partial charge is 0.289 e. The van der Waals surface area contributed by atoms with Crippen LogP contribution in [-0.4, -0.2) is 5.78 Å². The maximum absolute atomic E-state index is 13.3. The zero-order chi connectivity index (χ0) is 18.6. The molecule has 0 heterocycles. The molecular weight excluding hydrogens is 328 g/mol. The van der Waals surface area contributed by atoms with Gasteiger partial charge in [0, 0.05) is 11.1 Å². The van der Waals surface area contributed by atoms with Crippen molar-refractivity contribution in [2.45, 2.75) is 71.6 Å². The molecule has 0 saturated heterocycles. The third-order valence-electron chi connectivity index (χ3n) is 9.44. The predicted octanol–water partition coefficient (Wildman–Crippen LogP) is 6.84. The average molecular weight is 363 g/mol. The lowest BCUT2D eigenvalue weighted by molar-refractivity contribution is -0.0983. The number of carbonyl (C=O) groups excluding carboxylic acids is 1. The summed E-state index contributed by atoms with van der Waals surface area (Å²) < 4.78 is 0. The molecule has 4 aliphatic rings. The van der Waals surface area contributed by atoms with E-state index in [2.05, 4.69) is 19.9 Å². The molecule has 1 heteroatoms. The van der Waals surface area contributed by atoms with Gasteiger partial charge >= 0.3 is 0 Å². The van der Waals surface area contributed by atoms with Gasteiger partial charge in [-0.3, -0.25) is 4.79 Å². The van der Waals surface area contributed by atoms with E-state index in [-0.39, 0.29) is 11.2 Å². The van der Waals surface area contributed by atoms with Gasteiger partial charge in [0.25, 0.3) is 0 Å². The van der Waals surface area contributed by atoms with Gasteiger partial charge in [-0.05, 0) is 79.4 Å². The Morgan fingerprint density at radius 1 is 0.926 bits per heavy atom. The minimum absolute atomic E-state index is 0.103. The number of hydrogen-bond donors (Lipinski definition) is 0. The summed E-state index contributed by atoms with van der Waals surface area (Å²) in [6, 6.07) is 9.95. The van der Waals surface area contributed by atoms with E-state index in [0.29, 0.717) is 11.3 Å². The fraction of sp³-hybridized carbons (Fsp3) is 0.654. The standard InChI is InChI=1S/C26H34O/c1-25-16-7-6-10-19(25)11-12-20-21-13-14-23(26(21,2)17-15-22(20)25)24(27)18-8-4-3-5-9-18/h3-5,8-9,14,19-22H,6-7,10-13,15-17H2,1-2H3/t19?,20-,21-,22-,25-,26-/m0/s1. The van der Waals surface area contributed by atoms with Crippen LogP contribution in [0.15, 0.2) is 42.0 Å². The fourth-order valence-electron chi connectivity index (χ4n) is 7.96. The van der Waals surface area contributed by atoms with Crippen LogP contribution in [0.4, 0.5) is 0 Å². The number of rotatable bonds is 2. The van der Waals surface area contributed by atoms with Crippen LogP contribution in [-0.2, 0) is 0 Å². The molecule has 6 atom stereocenters. The summed E-state index contributed by atoms with van der Waals surface area (Å²) in [6.45, 7) is 5.05. The van der Waals surface area contributed by atoms with Crippen LogP contribution < -0.4 is 0 Å². The van der Waals surface area contributed by atoms with Gasteiger partial charge in [0.1, 0.15) is 0 Å². The average Bonchev–Trinajstić information content (AvgIpc) is 3.05. The van der Waals surface area contributed by atoms with Crippen molar-refractivity contribution in [3.05, 3.63) is 47.5 Å². The molecule has 0 aliphatic heterocycles. The second-order valence-corrected chi connectivity index (χ2v) is 10.4. The Labute approximate surface area is 164 Å². The first-order valence-electron chi connectivity index (χ1n) is 11.3. The number of benzene rings is 1. The zero-order valence-electron chi connectivity index (χ0n) is 17.0. The van der Waals surface area contributed by atoms with E-state index in [1.54, 1.807) is 0 Å². The Bertz CT molecular complexity index is 762. The number of allylic oxidation sites excluding steroid dienone is 2. The Kier molecular flexibility index (Phi) is 4.15. The highest BCUT2D eigenvalue weighted by molar-refractivity contribution is 6.09. The monoisotopic (exact) mass is 362 g/mol. The van der Waals surface area contributed by atoms with Crippen molar-refractivity contribution in [3.63, 3.8) is 0 Å². The maximum Gasteiger partial charge on any atom is 0.189 e. The van der Waals surface area contributed by atoms with Crippen LogP contribution in [0.5, 0.6) is 0 Å². The summed E-state index contributed by atoms with van der Waals surface area (Å²) in [5, 5.41) is 0. The molecule has 0 aromatic heterocycles. The minimum Gasteiger partial charge on any atom is -0.289 e. The summed E-state index contributed by atoms with van der Waals surface area (Å²) in [7, 11) is 0. The number of carbonyl (C=O) groups is 1. The Morgan fingerprint density at radius 3 is 2.56 bits per heavy atom. The Hall–Kier alpha value is -1.37. The van der Waals surface area contributed by atoms with Crippen LogP contribution in [0, 0.1) is 34.5 Å². The molecule has 1 aromatic rings. The van der Waals surface area contributed by atoms with Crippen LogP contribution in [0.2, 0.25) is 0 Å². The van der Waals surface area contributed by atoms with E-state index in [9.17, 15) is 4.79 Å². The molecule has 0 bridgehead atoms. The summed E-state index contributed by atoms with van der Waals surface area (Å²) in [4.78, 5) is 13.3. The van der Waals surface area contributed by atoms with E-state index in [1.165, 1.54) is 51.4 Å². The van der Waals surface area contributed by atoms with E-state index in [1.807, 2.05) is 30.3 Å². The van der Waals surface area contributed by atoms with Crippen molar-refractivity contribution in [2.75, 3.05) is 0 Å². The van der Waals surface area contributed by atoms with Gasteiger partial charge in [0.2, 0.25) is 0 Å². The number of ketones is 1. The summed E-state index contributed by atoms with van der Waals surface area (Å²) in [5.41, 5.74) is 2.68. The molecule has 27 heavy (non-hydrogen) atoms. The van der Waals surface area contributed by atoms with Crippen molar-refractivity contribution in [3.8, 4) is 0 Å². The van der Waals surface area contributed by atoms with E-state index in [0.717, 1.165) is 35.3 Å². The van der Waals surface area contributed by atoms with Crippen molar-refractivity contribution >= 4 is 5.78 Å². The van der Waals surface area contributed by atoms with Crippen molar-refractivity contribution in [1.82, 2.24) is 0 Å². The Morgan fingerprint density at radius 2 is 1.74 bits per heavy atom. The molecule has 0 N–H and O–H groups in total. The van der Waals surface area contributed by atoms with Gasteiger partial charge in [-0.25, -0.2) is 0 Å². The van der Waals surface area contributed by atoms with Crippen molar-refractivity contribution in [1.29, 1.82) is 0 Å². The second kappa shape index (κ2) is 6.33. The van der Waals surface area contributed by atoms with Crippen LogP contribution in [0.1, 0.15) is 82.0 Å². The smallest absolute Gasteiger partial charge is 0.189 e. The highest BCUT2D eigenvalue weighted by Crippen LogP contribution is 2.66. The molecule has 3 fully saturated rings. The maximum atomic E-state index is 13.3. The van der Waals surface area contributed by atoms with Gasteiger partial charge in [-0.2, -0.15) is 0 Å². The highest BCUT2D eigenvalue weighted by atomic mass is 16.1. The lowest BCUT2D eigenvalue weighted by atomic mass is 9.45. The van der Waals surface area contributed by atoms with Gasteiger partial charge < -0.3 is 0 Å². The summed E-state index contributed by atoms with van der Waals surface area (Å²) >= 11 is 0. The SMILES string of the molecule is C[C@]12CCCCC1CC[C@@H]1[C@@H]2CC[C@]2(C)C(C(=O)c3ccccc3)=CC[C@@H]12. The first-order valence-corrected chi connectivity index (χ1v) is 11.3. The van der Waals surface area contributed by atoms with Crippen LogP contribution in [0.3, 0.4) is 0 Å². The zero-order valence-corrected chi connectivity index (χ0v) is 17.0. The molecule has 1 nitrogen and oxygen atoms in total. The van der Waals surface area contributed by atoms with E-state index >= 15 is 0 Å². The normalized spacial score (nSPS) is 43.3. The number of Topliss-reactive ketones (excluding diaryl/α,β-unsaturated/α-hetero) is 1. The molecule has 0 radical (unpaired) electrons. The molecule has 0 amide bonds. The quantitative estimate of drug-likeness (QED) is 0.526. The fourth-order valence-corrected chi connectivity index (χ4v) is 7.96. The third kappa shape index (κ3) is 2.53. The first kappa shape index (κ1) is 17.7. The summed E-state index contributed by atoms with van der Waals surface area (Å²) in [5.74, 6) is 3.68. The third-order valence-corrected chi connectivity index (χ3v) is 9.44. The van der Waals surface area contributed by atoms with Gasteiger partial charge in [-0.15, -0.1) is 0 Å². The first-order chi connectivity index (χ1) is 13.0. The molecule has 4 aliphatic carbocycles. The lowest BCUT2D eigenvalue weighted by Crippen LogP contribution is -2.52. The summed E-state index contributed by atoms with van der Waals surface area (Å²) in [6.07, 6.45) is 14.7. The van der Waals surface area contributed by atoms with Gasteiger partial charge in [0.05, 0.1) is 0 Å². The molecular formula is C26H34O. The number of hydrogen-bond acceptors (Lipinski definition) is 1. The van der Waals surface area contributed by atoms with Gasteiger partial charge in [0.15, 0.2) is 5.78 Å². The molecule has 5 rings (SSSR count). The molecule has 144 valence electrons. The highest BCUT2D eigenvalue weighted by Gasteiger charge is 2.58. The van der Waals surface area contributed by atoms with Gasteiger partial charge in [-0.1, -0.05) is 63.1 Å². The Balaban J connectivity index is 1.43. The molecule has 0 spiro atoms. The predicted molar refractivity (Wildman–Crippen MR) is 111 cm³/mol. The number of fused-ring (bicyclic) bond motifs is 5. The van der Waals surface area contributed by atoms with Crippen LogP contribution in [0.25, 0.3) is 0 Å². The van der Waals surface area contributed by atoms with E-state index in [4.69, 9.17) is 0 Å². The molecule has 3 saturated carbocycles. The van der Waals surface area contributed by atoms with E-state index < -0.39 is 0 Å². The molecule has 1 unspecified atom stereocenters. The lowest BCUT2D eigenvalue weighted by Gasteiger charge is -2.60. The van der Waals surface area contributed by atoms with Crippen molar-refractivity contribution < 1.29 is 4.79 Å². The van der Waals surface area contributed by atoms with Crippen molar-refractivity contribution in [2.24, 2.45) is 34.5 Å².